The van der Waals surface area contributed by atoms with E-state index in [-0.39, 0.29) is 11.9 Å². The van der Waals surface area contributed by atoms with E-state index in [0.717, 1.165) is 22.4 Å². The molecule has 2 aromatic carbocycles. The second-order valence-electron chi connectivity index (χ2n) is 9.82. The normalized spacial score (nSPS) is 15.9. The van der Waals surface area contributed by atoms with Gasteiger partial charge in [0.2, 0.25) is 10.0 Å². The number of sulfonamides is 1. The van der Waals surface area contributed by atoms with Crippen LogP contribution in [0, 0.1) is 0 Å². The van der Waals surface area contributed by atoms with Crippen molar-refractivity contribution in [1.82, 2.24) is 24.1 Å². The highest BCUT2D eigenvalue weighted by atomic mass is 32.2. The summed E-state index contributed by atoms with van der Waals surface area (Å²) >= 11 is 0. The largest absolute Gasteiger partial charge is 0.350 e. The summed E-state index contributed by atoms with van der Waals surface area (Å²) in [5.74, 6) is 1.15. The molecule has 1 N–H and O–H groups in total. The first kappa shape index (κ1) is 25.3. The van der Waals surface area contributed by atoms with Gasteiger partial charge in [0.1, 0.15) is 5.82 Å². The molecule has 1 fully saturated rings. The summed E-state index contributed by atoms with van der Waals surface area (Å²) in [5, 5.41) is 2.91. The smallest absolute Gasteiger partial charge is 0.251 e. The predicted octanol–water partition coefficient (Wildman–Crippen LogP) is 3.34. The highest BCUT2D eigenvalue weighted by Crippen LogP contribution is 2.23. The number of aromatic nitrogens is 2. The molecule has 2 heterocycles. The van der Waals surface area contributed by atoms with E-state index < -0.39 is 10.0 Å². The Bertz CT molecular complexity index is 1300. The quantitative estimate of drug-likeness (QED) is 0.541. The number of aryl methyl sites for hydroxylation is 1. The molecular formula is C26H35N5O3S. The van der Waals surface area contributed by atoms with Gasteiger partial charge in [-0.1, -0.05) is 26.0 Å². The van der Waals surface area contributed by atoms with Crippen molar-refractivity contribution in [2.45, 2.75) is 51.1 Å². The lowest BCUT2D eigenvalue weighted by Gasteiger charge is -2.33. The van der Waals surface area contributed by atoms with Crippen molar-refractivity contribution in [2.24, 2.45) is 7.05 Å². The number of piperazine rings is 1. The SMILES string of the molecule is CC(C)NC(=O)c1ccc2c(c1)nc(CN1CCN(S(=O)(=O)c3ccc(C(C)C)cc3)CC1)n2C. The Morgan fingerprint density at radius 2 is 1.66 bits per heavy atom. The van der Waals surface area contributed by atoms with Gasteiger partial charge in [-0.05, 0) is 55.7 Å². The minimum Gasteiger partial charge on any atom is -0.350 e. The topological polar surface area (TPSA) is 87.5 Å². The van der Waals surface area contributed by atoms with Crippen LogP contribution >= 0.6 is 0 Å². The van der Waals surface area contributed by atoms with Crippen LogP contribution in [0.25, 0.3) is 11.0 Å². The molecule has 9 heteroatoms. The molecule has 4 rings (SSSR count). The zero-order valence-electron chi connectivity index (χ0n) is 21.2. The van der Waals surface area contributed by atoms with E-state index in [1.54, 1.807) is 16.4 Å². The second-order valence-corrected chi connectivity index (χ2v) is 11.8. The van der Waals surface area contributed by atoms with Crippen LogP contribution in [0.5, 0.6) is 0 Å². The Hall–Kier alpha value is -2.75. The number of fused-ring (bicyclic) bond motifs is 1. The molecule has 188 valence electrons. The van der Waals surface area contributed by atoms with E-state index in [4.69, 9.17) is 4.98 Å². The van der Waals surface area contributed by atoms with Gasteiger partial charge < -0.3 is 9.88 Å². The zero-order chi connectivity index (χ0) is 25.3. The first-order valence-electron chi connectivity index (χ1n) is 12.1. The number of hydrogen-bond acceptors (Lipinski definition) is 5. The summed E-state index contributed by atoms with van der Waals surface area (Å²) in [4.78, 5) is 19.7. The Morgan fingerprint density at radius 3 is 2.26 bits per heavy atom. The number of hydrogen-bond donors (Lipinski definition) is 1. The van der Waals surface area contributed by atoms with Crippen LogP contribution in [0.4, 0.5) is 0 Å². The van der Waals surface area contributed by atoms with E-state index in [1.807, 2.05) is 55.8 Å². The number of nitrogens with zero attached hydrogens (tertiary/aromatic N) is 4. The molecule has 0 radical (unpaired) electrons. The maximum absolute atomic E-state index is 13.1. The number of carbonyl (C=O) groups excluding carboxylic acids is 1. The zero-order valence-corrected chi connectivity index (χ0v) is 22.0. The van der Waals surface area contributed by atoms with Gasteiger partial charge in [0.05, 0.1) is 22.5 Å². The fourth-order valence-electron chi connectivity index (χ4n) is 4.38. The van der Waals surface area contributed by atoms with Gasteiger partial charge in [-0.25, -0.2) is 13.4 Å². The van der Waals surface area contributed by atoms with Crippen molar-refractivity contribution in [2.75, 3.05) is 26.2 Å². The van der Waals surface area contributed by atoms with E-state index in [1.165, 1.54) is 0 Å². The maximum atomic E-state index is 13.1. The summed E-state index contributed by atoms with van der Waals surface area (Å²) in [5.41, 5.74) is 3.47. The molecule has 35 heavy (non-hydrogen) atoms. The molecule has 1 amide bonds. The molecule has 0 spiro atoms. The fraction of sp³-hybridized carbons (Fsp3) is 0.462. The lowest BCUT2D eigenvalue weighted by molar-refractivity contribution is 0.0943. The van der Waals surface area contributed by atoms with Gasteiger partial charge in [0, 0.05) is 44.8 Å². The van der Waals surface area contributed by atoms with E-state index in [2.05, 4.69) is 24.1 Å². The number of rotatable bonds is 7. The van der Waals surface area contributed by atoms with Crippen LogP contribution in [0.15, 0.2) is 47.4 Å². The van der Waals surface area contributed by atoms with Crippen LogP contribution in [0.3, 0.4) is 0 Å². The average molecular weight is 498 g/mol. The molecule has 0 saturated carbocycles. The Labute approximate surface area is 208 Å². The molecular weight excluding hydrogens is 462 g/mol. The molecule has 1 saturated heterocycles. The Morgan fingerprint density at radius 1 is 1.00 bits per heavy atom. The molecule has 0 unspecified atom stereocenters. The van der Waals surface area contributed by atoms with Gasteiger partial charge in [0.15, 0.2) is 0 Å². The van der Waals surface area contributed by atoms with Crippen LogP contribution < -0.4 is 5.32 Å². The van der Waals surface area contributed by atoms with Crippen molar-refractivity contribution < 1.29 is 13.2 Å². The highest BCUT2D eigenvalue weighted by molar-refractivity contribution is 7.89. The van der Waals surface area contributed by atoms with E-state index >= 15 is 0 Å². The van der Waals surface area contributed by atoms with Crippen LogP contribution in [0.1, 0.15) is 55.4 Å². The number of nitrogens with one attached hydrogen (secondary N) is 1. The predicted molar refractivity (Wildman–Crippen MR) is 138 cm³/mol. The van der Waals surface area contributed by atoms with Gasteiger partial charge in [0.25, 0.3) is 5.91 Å². The molecule has 1 aliphatic rings. The van der Waals surface area contributed by atoms with Crippen molar-refractivity contribution in [3.8, 4) is 0 Å². The number of carbonyl (C=O) groups is 1. The Kier molecular flexibility index (Phi) is 7.30. The standard InChI is InChI=1S/C26H35N5O3S/c1-18(2)20-6-9-22(10-7-20)35(33,34)31-14-12-30(13-15-31)17-25-28-23-16-21(26(32)27-19(3)4)8-11-24(23)29(25)5/h6-11,16,18-19H,12-15,17H2,1-5H3,(H,27,32). The van der Waals surface area contributed by atoms with E-state index in [0.29, 0.717) is 49.1 Å². The fourth-order valence-corrected chi connectivity index (χ4v) is 5.80. The maximum Gasteiger partial charge on any atom is 0.251 e. The highest BCUT2D eigenvalue weighted by Gasteiger charge is 2.29. The Balaban J connectivity index is 1.42. The molecule has 0 bridgehead atoms. The molecule has 0 aliphatic carbocycles. The van der Waals surface area contributed by atoms with Crippen LogP contribution in [-0.2, 0) is 23.6 Å². The lowest BCUT2D eigenvalue weighted by atomic mass is 10.0. The summed E-state index contributed by atoms with van der Waals surface area (Å²) in [6, 6.07) is 12.9. The van der Waals surface area contributed by atoms with Crippen molar-refractivity contribution in [3.05, 3.63) is 59.4 Å². The molecule has 0 atom stereocenters. The van der Waals surface area contributed by atoms with Gasteiger partial charge in [-0.3, -0.25) is 9.69 Å². The first-order valence-corrected chi connectivity index (χ1v) is 13.6. The third-order valence-corrected chi connectivity index (χ3v) is 8.45. The first-order chi connectivity index (χ1) is 16.6. The molecule has 1 aliphatic heterocycles. The third kappa shape index (κ3) is 5.42. The molecule has 1 aromatic heterocycles. The lowest BCUT2D eigenvalue weighted by Crippen LogP contribution is -2.48. The number of imidazole rings is 1. The van der Waals surface area contributed by atoms with Crippen molar-refractivity contribution in [1.29, 1.82) is 0 Å². The van der Waals surface area contributed by atoms with Crippen molar-refractivity contribution in [3.63, 3.8) is 0 Å². The number of amides is 1. The second kappa shape index (κ2) is 10.1. The average Bonchev–Trinajstić information content (AvgIpc) is 3.13. The van der Waals surface area contributed by atoms with E-state index in [9.17, 15) is 13.2 Å². The van der Waals surface area contributed by atoms with Gasteiger partial charge >= 0.3 is 0 Å². The minimum atomic E-state index is -3.50. The summed E-state index contributed by atoms with van der Waals surface area (Å²) in [7, 11) is -1.53. The number of benzene rings is 2. The van der Waals surface area contributed by atoms with Gasteiger partial charge in [-0.15, -0.1) is 0 Å². The van der Waals surface area contributed by atoms with Crippen LogP contribution in [-0.4, -0.2) is 65.3 Å². The van der Waals surface area contributed by atoms with Crippen molar-refractivity contribution >= 4 is 27.0 Å². The van der Waals surface area contributed by atoms with Gasteiger partial charge in [-0.2, -0.15) is 4.31 Å². The summed E-state index contributed by atoms with van der Waals surface area (Å²) < 4.78 is 29.8. The molecule has 8 nitrogen and oxygen atoms in total. The molecule has 3 aromatic rings. The van der Waals surface area contributed by atoms with Crippen LogP contribution in [0.2, 0.25) is 0 Å². The minimum absolute atomic E-state index is 0.0689. The summed E-state index contributed by atoms with van der Waals surface area (Å²) in [6.07, 6.45) is 0. The monoisotopic (exact) mass is 497 g/mol. The summed E-state index contributed by atoms with van der Waals surface area (Å²) in [6.45, 7) is 10.8. The third-order valence-electron chi connectivity index (χ3n) is 6.54.